The predicted octanol–water partition coefficient (Wildman–Crippen LogP) is 5.40. The van der Waals surface area contributed by atoms with Crippen molar-refractivity contribution in [3.63, 3.8) is 0 Å². The smallest absolute Gasteiger partial charge is 0.319 e. The maximum absolute atomic E-state index is 12.3. The van der Waals surface area contributed by atoms with Gasteiger partial charge >= 0.3 is 6.03 Å². The molecule has 2 amide bonds. The maximum atomic E-state index is 12.3. The predicted molar refractivity (Wildman–Crippen MR) is 115 cm³/mol. The van der Waals surface area contributed by atoms with Crippen LogP contribution < -0.4 is 10.6 Å². The van der Waals surface area contributed by atoms with Crippen molar-refractivity contribution in [2.45, 2.75) is 37.7 Å². The first kappa shape index (κ1) is 21.7. The molecule has 0 spiro atoms. The summed E-state index contributed by atoms with van der Waals surface area (Å²) in [6, 6.07) is 12.4. The normalized spacial score (nSPS) is 12.5. The van der Waals surface area contributed by atoms with Crippen LogP contribution in [0, 0.1) is 0 Å². The summed E-state index contributed by atoms with van der Waals surface area (Å²) in [5, 5.41) is 6.78. The molecule has 0 aliphatic rings. The number of benzene rings is 2. The number of hydrogen-bond donors (Lipinski definition) is 2. The molecule has 0 saturated heterocycles. The lowest BCUT2D eigenvalue weighted by atomic mass is 10.1. The van der Waals surface area contributed by atoms with Crippen molar-refractivity contribution in [2.75, 3.05) is 11.9 Å². The van der Waals surface area contributed by atoms with Crippen LogP contribution in [0.3, 0.4) is 0 Å². The zero-order chi connectivity index (χ0) is 20.0. The third-order valence-corrected chi connectivity index (χ3v) is 6.41. The summed E-state index contributed by atoms with van der Waals surface area (Å²) in [5.41, 5.74) is 2.52. The minimum Gasteiger partial charge on any atom is -0.338 e. The molecule has 1 unspecified atom stereocenters. The van der Waals surface area contributed by atoms with E-state index in [0.717, 1.165) is 11.1 Å². The molecule has 2 N–H and O–H groups in total. The summed E-state index contributed by atoms with van der Waals surface area (Å²) in [7, 11) is -0.990. The first-order valence-electron chi connectivity index (χ1n) is 8.61. The van der Waals surface area contributed by atoms with Crippen molar-refractivity contribution in [1.29, 1.82) is 0 Å². The molecule has 27 heavy (non-hydrogen) atoms. The molecular weight excluding hydrogens is 403 g/mol. The lowest BCUT2D eigenvalue weighted by Crippen LogP contribution is -2.30. The highest BCUT2D eigenvalue weighted by Crippen LogP contribution is 2.21. The van der Waals surface area contributed by atoms with Gasteiger partial charge in [0.15, 0.2) is 0 Å². The Bertz CT molecular complexity index is 835. The van der Waals surface area contributed by atoms with Crippen LogP contribution in [0.15, 0.2) is 42.5 Å². The molecule has 0 bridgehead atoms. The van der Waals surface area contributed by atoms with Crippen LogP contribution in [-0.2, 0) is 23.0 Å². The Morgan fingerprint density at radius 3 is 2.52 bits per heavy atom. The molecule has 0 aliphatic heterocycles. The Morgan fingerprint density at radius 1 is 1.11 bits per heavy atom. The molecule has 7 heteroatoms. The Labute approximate surface area is 173 Å². The fourth-order valence-electron chi connectivity index (χ4n) is 2.32. The van der Waals surface area contributed by atoms with Crippen LogP contribution in [0.2, 0.25) is 10.0 Å². The van der Waals surface area contributed by atoms with E-state index in [0.29, 0.717) is 34.5 Å². The summed E-state index contributed by atoms with van der Waals surface area (Å²) < 4.78 is 12.0. The van der Waals surface area contributed by atoms with E-state index >= 15 is 0 Å². The van der Waals surface area contributed by atoms with Crippen molar-refractivity contribution in [1.82, 2.24) is 5.32 Å². The number of nitrogens with one attached hydrogen (secondary N) is 2. The number of carbonyl (C=O) groups excluding carboxylic acids is 1. The minimum absolute atomic E-state index is 0.274. The van der Waals surface area contributed by atoms with Crippen LogP contribution in [0.5, 0.6) is 0 Å². The molecule has 4 nitrogen and oxygen atoms in total. The summed E-state index contributed by atoms with van der Waals surface area (Å²) in [5.74, 6) is 0.454. The van der Waals surface area contributed by atoms with Gasteiger partial charge in [0.05, 0.1) is 0 Å². The number of rotatable bonds is 6. The van der Waals surface area contributed by atoms with Crippen molar-refractivity contribution in [3.8, 4) is 0 Å². The molecular formula is C20H24Cl2N2O2S. The van der Waals surface area contributed by atoms with Gasteiger partial charge in [0.2, 0.25) is 0 Å². The lowest BCUT2D eigenvalue weighted by molar-refractivity contribution is 0.252. The Balaban J connectivity index is 1.86. The molecule has 0 aromatic heterocycles. The lowest BCUT2D eigenvalue weighted by Gasteiger charge is -2.18. The summed E-state index contributed by atoms with van der Waals surface area (Å²) in [6.45, 7) is 6.30. The van der Waals surface area contributed by atoms with E-state index in [-0.39, 0.29) is 10.8 Å². The summed E-state index contributed by atoms with van der Waals surface area (Å²) in [6.07, 6.45) is 0.605. The quantitative estimate of drug-likeness (QED) is 0.648. The van der Waals surface area contributed by atoms with E-state index in [1.165, 1.54) is 0 Å². The van der Waals surface area contributed by atoms with Gasteiger partial charge in [-0.15, -0.1) is 0 Å². The first-order chi connectivity index (χ1) is 12.6. The zero-order valence-corrected chi connectivity index (χ0v) is 18.0. The van der Waals surface area contributed by atoms with E-state index in [2.05, 4.69) is 10.6 Å². The molecule has 2 rings (SSSR count). The van der Waals surface area contributed by atoms with Crippen molar-refractivity contribution in [2.24, 2.45) is 0 Å². The van der Waals surface area contributed by atoms with Crippen LogP contribution in [0.4, 0.5) is 10.5 Å². The summed E-state index contributed by atoms with van der Waals surface area (Å²) in [4.78, 5) is 12.1. The SMILES string of the molecule is CC(C)(C)S(=O)Cc1cccc(NC(=O)NCCc2ccc(Cl)cc2Cl)c1. The van der Waals surface area contributed by atoms with Crippen LogP contribution in [0.1, 0.15) is 31.9 Å². The third-order valence-electron chi connectivity index (χ3n) is 3.86. The minimum atomic E-state index is -0.990. The number of urea groups is 1. The van der Waals surface area contributed by atoms with Crippen LogP contribution in [-0.4, -0.2) is 21.5 Å². The van der Waals surface area contributed by atoms with Crippen molar-refractivity contribution < 1.29 is 9.00 Å². The van der Waals surface area contributed by atoms with Crippen molar-refractivity contribution in [3.05, 3.63) is 63.6 Å². The number of amides is 2. The standard InChI is InChI=1S/C20H24Cl2N2O2S/c1-20(2,3)27(26)13-14-5-4-6-17(11-14)24-19(25)23-10-9-15-7-8-16(21)12-18(15)22/h4-8,11-12H,9-10,13H2,1-3H3,(H2,23,24,25). The highest BCUT2D eigenvalue weighted by molar-refractivity contribution is 7.85. The highest BCUT2D eigenvalue weighted by atomic mass is 35.5. The van der Waals surface area contributed by atoms with Gasteiger partial charge in [-0.3, -0.25) is 4.21 Å². The second-order valence-corrected chi connectivity index (χ2v) is 10.2. The second kappa shape index (κ2) is 9.58. The van der Waals surface area contributed by atoms with Crippen LogP contribution >= 0.6 is 23.2 Å². The molecule has 2 aromatic rings. The molecule has 0 aliphatic carbocycles. The van der Waals surface area contributed by atoms with Gasteiger partial charge in [-0.25, -0.2) is 4.79 Å². The van der Waals surface area contributed by atoms with E-state index in [1.807, 2.05) is 45.0 Å². The van der Waals surface area contributed by atoms with E-state index in [9.17, 15) is 9.00 Å². The Morgan fingerprint density at radius 2 is 1.85 bits per heavy atom. The number of anilines is 1. The average molecular weight is 427 g/mol. The van der Waals surface area contributed by atoms with E-state index in [1.54, 1.807) is 18.2 Å². The maximum Gasteiger partial charge on any atom is 0.319 e. The zero-order valence-electron chi connectivity index (χ0n) is 15.6. The molecule has 0 radical (unpaired) electrons. The number of carbonyl (C=O) groups is 1. The molecule has 0 fully saturated rings. The monoisotopic (exact) mass is 426 g/mol. The van der Waals surface area contributed by atoms with Gasteiger partial charge in [-0.2, -0.15) is 0 Å². The average Bonchev–Trinajstić information content (AvgIpc) is 2.56. The Hall–Kier alpha value is -1.56. The van der Waals surface area contributed by atoms with Crippen molar-refractivity contribution >= 4 is 45.7 Å². The first-order valence-corrected chi connectivity index (χ1v) is 10.7. The van der Waals surface area contributed by atoms with Gasteiger partial charge in [0.25, 0.3) is 0 Å². The van der Waals surface area contributed by atoms with Gasteiger partial charge in [0, 0.05) is 43.6 Å². The van der Waals surface area contributed by atoms with Gasteiger partial charge < -0.3 is 10.6 Å². The fourth-order valence-corrected chi connectivity index (χ4v) is 3.74. The van der Waals surface area contributed by atoms with E-state index in [4.69, 9.17) is 23.2 Å². The number of halogens is 2. The van der Waals surface area contributed by atoms with Crippen LogP contribution in [0.25, 0.3) is 0 Å². The summed E-state index contributed by atoms with van der Waals surface area (Å²) >= 11 is 12.0. The van der Waals surface area contributed by atoms with Gasteiger partial charge in [-0.05, 0) is 62.6 Å². The largest absolute Gasteiger partial charge is 0.338 e. The fraction of sp³-hybridized carbons (Fsp3) is 0.350. The molecule has 0 saturated carbocycles. The van der Waals surface area contributed by atoms with Gasteiger partial charge in [-0.1, -0.05) is 41.4 Å². The van der Waals surface area contributed by atoms with E-state index < -0.39 is 10.8 Å². The molecule has 0 heterocycles. The van der Waals surface area contributed by atoms with Gasteiger partial charge in [0.1, 0.15) is 0 Å². The number of hydrogen-bond acceptors (Lipinski definition) is 2. The second-order valence-electron chi connectivity index (χ2n) is 7.17. The molecule has 2 aromatic carbocycles. The topological polar surface area (TPSA) is 58.2 Å². The third kappa shape index (κ3) is 7.17. The molecule has 1 atom stereocenters. The molecule has 146 valence electrons. The highest BCUT2D eigenvalue weighted by Gasteiger charge is 2.19. The Kier molecular flexibility index (Phi) is 7.71.